The number of fused-ring (bicyclic) bond motifs is 1. The van der Waals surface area contributed by atoms with E-state index in [0.29, 0.717) is 34.9 Å². The lowest BCUT2D eigenvalue weighted by molar-refractivity contribution is -0.123. The molecule has 0 bridgehead atoms. The highest BCUT2D eigenvalue weighted by Gasteiger charge is 2.37. The number of amides is 2. The molecule has 0 aromatic heterocycles. The Balaban J connectivity index is 2.03. The minimum Gasteiger partial charge on any atom is -0.493 e. The molecule has 2 aromatic carbocycles. The van der Waals surface area contributed by atoms with Crippen molar-refractivity contribution in [1.29, 1.82) is 0 Å². The first-order valence-electron chi connectivity index (χ1n) is 11.1. The third-order valence-corrected chi connectivity index (χ3v) is 6.53. The van der Waals surface area contributed by atoms with E-state index in [9.17, 15) is 18.0 Å². The summed E-state index contributed by atoms with van der Waals surface area (Å²) in [6.45, 7) is 7.85. The van der Waals surface area contributed by atoms with Crippen molar-refractivity contribution in [3.8, 4) is 11.5 Å². The first kappa shape index (κ1) is 25.6. The van der Waals surface area contributed by atoms with E-state index in [2.05, 4.69) is 5.32 Å². The Kier molecular flexibility index (Phi) is 7.26. The highest BCUT2D eigenvalue weighted by atomic mass is 32.2. The molecular weight excluding hydrogens is 456 g/mol. The van der Waals surface area contributed by atoms with Crippen LogP contribution in [0, 0.1) is 5.41 Å². The van der Waals surface area contributed by atoms with Gasteiger partial charge >= 0.3 is 0 Å². The van der Waals surface area contributed by atoms with Gasteiger partial charge in [-0.1, -0.05) is 39.0 Å². The molecule has 184 valence electrons. The van der Waals surface area contributed by atoms with Crippen molar-refractivity contribution in [2.75, 3.05) is 31.0 Å². The highest BCUT2D eigenvalue weighted by Crippen LogP contribution is 2.38. The number of sulfone groups is 1. The lowest BCUT2D eigenvalue weighted by Crippen LogP contribution is -2.34. The van der Waals surface area contributed by atoms with Crippen molar-refractivity contribution >= 4 is 27.3 Å². The molecule has 1 aliphatic rings. The number of hydrogen-bond donors (Lipinski definition) is 1. The van der Waals surface area contributed by atoms with Crippen LogP contribution in [0.15, 0.2) is 36.4 Å². The zero-order valence-electron chi connectivity index (χ0n) is 20.5. The number of hydrogen-bond acceptors (Lipinski definition) is 6. The number of rotatable bonds is 8. The molecule has 1 aliphatic heterocycles. The third-order valence-electron chi connectivity index (χ3n) is 5.60. The number of nitrogens with one attached hydrogen (secondary N) is 1. The molecule has 8 nitrogen and oxygen atoms in total. The Hall–Kier alpha value is -3.07. The van der Waals surface area contributed by atoms with E-state index < -0.39 is 21.3 Å². The van der Waals surface area contributed by atoms with Crippen molar-refractivity contribution in [3.63, 3.8) is 0 Å². The summed E-state index contributed by atoms with van der Waals surface area (Å²) in [5.74, 6) is 0.197. The fraction of sp³-hybridized carbons (Fsp3) is 0.440. The number of nitrogens with zero attached hydrogens (tertiary/aromatic N) is 1. The standard InChI is InChI=1S/C25H32N2O6S/c1-7-33-21-13-16(11-12-20(21)32-5)19(15-34(6,30)31)27-14-17-9-8-10-18(22(17)23(27)28)26-24(29)25(2,3)4/h8-13,19H,7,14-15H2,1-6H3,(H,26,29). The summed E-state index contributed by atoms with van der Waals surface area (Å²) in [6, 6.07) is 9.71. The van der Waals surface area contributed by atoms with E-state index in [1.54, 1.807) is 51.1 Å². The highest BCUT2D eigenvalue weighted by molar-refractivity contribution is 7.90. The summed E-state index contributed by atoms with van der Waals surface area (Å²) in [7, 11) is -1.92. The van der Waals surface area contributed by atoms with Crippen molar-refractivity contribution in [2.45, 2.75) is 40.3 Å². The molecular formula is C25H32N2O6S. The molecule has 0 fully saturated rings. The van der Waals surface area contributed by atoms with E-state index in [1.165, 1.54) is 12.0 Å². The topological polar surface area (TPSA) is 102 Å². The normalized spacial score (nSPS) is 14.5. The molecule has 2 amide bonds. The number of carbonyl (C=O) groups is 2. The quantitative estimate of drug-likeness (QED) is 0.606. The van der Waals surface area contributed by atoms with Crippen LogP contribution in [0.25, 0.3) is 0 Å². The summed E-state index contributed by atoms with van der Waals surface area (Å²) in [4.78, 5) is 27.7. The summed E-state index contributed by atoms with van der Waals surface area (Å²) >= 11 is 0. The molecule has 1 N–H and O–H groups in total. The maximum atomic E-state index is 13.6. The molecule has 0 radical (unpaired) electrons. The molecule has 1 atom stereocenters. The van der Waals surface area contributed by atoms with Crippen LogP contribution in [0.5, 0.6) is 11.5 Å². The molecule has 1 heterocycles. The largest absolute Gasteiger partial charge is 0.493 e. The summed E-state index contributed by atoms with van der Waals surface area (Å²) in [5, 5.41) is 2.86. The van der Waals surface area contributed by atoms with Crippen molar-refractivity contribution in [3.05, 3.63) is 53.1 Å². The van der Waals surface area contributed by atoms with Crippen LogP contribution in [-0.2, 0) is 21.2 Å². The van der Waals surface area contributed by atoms with E-state index in [1.807, 2.05) is 13.0 Å². The van der Waals surface area contributed by atoms with Crippen molar-refractivity contribution in [1.82, 2.24) is 4.90 Å². The fourth-order valence-corrected chi connectivity index (χ4v) is 4.82. The number of benzene rings is 2. The van der Waals surface area contributed by atoms with Crippen LogP contribution in [-0.4, -0.2) is 50.9 Å². The summed E-state index contributed by atoms with van der Waals surface area (Å²) < 4.78 is 35.7. The van der Waals surface area contributed by atoms with Gasteiger partial charge in [-0.15, -0.1) is 0 Å². The predicted octanol–water partition coefficient (Wildman–Crippen LogP) is 3.82. The molecule has 0 aliphatic carbocycles. The van der Waals surface area contributed by atoms with Gasteiger partial charge in [0.25, 0.3) is 5.91 Å². The van der Waals surface area contributed by atoms with Crippen molar-refractivity contribution in [2.24, 2.45) is 5.41 Å². The van der Waals surface area contributed by atoms with Gasteiger partial charge in [0.15, 0.2) is 11.5 Å². The second-order valence-electron chi connectivity index (χ2n) is 9.43. The van der Waals surface area contributed by atoms with Crippen LogP contribution in [0.4, 0.5) is 5.69 Å². The van der Waals surface area contributed by atoms with E-state index in [4.69, 9.17) is 9.47 Å². The number of anilines is 1. The summed E-state index contributed by atoms with van der Waals surface area (Å²) in [6.07, 6.45) is 1.15. The second-order valence-corrected chi connectivity index (χ2v) is 11.6. The molecule has 0 spiro atoms. The first-order chi connectivity index (χ1) is 15.9. The van der Waals surface area contributed by atoms with Gasteiger partial charge in [0, 0.05) is 18.2 Å². The maximum absolute atomic E-state index is 13.6. The van der Waals surface area contributed by atoms with Crippen molar-refractivity contribution < 1.29 is 27.5 Å². The molecule has 1 unspecified atom stereocenters. The Bertz CT molecular complexity index is 1200. The molecule has 9 heteroatoms. The van der Waals surface area contributed by atoms with Gasteiger partial charge in [-0.3, -0.25) is 9.59 Å². The Morgan fingerprint density at radius 1 is 1.18 bits per heavy atom. The number of methoxy groups -OCH3 is 1. The second kappa shape index (κ2) is 9.66. The van der Waals surface area contributed by atoms with Crippen LogP contribution in [0.1, 0.15) is 55.2 Å². The van der Waals surface area contributed by atoms with E-state index >= 15 is 0 Å². The monoisotopic (exact) mass is 488 g/mol. The average Bonchev–Trinajstić information content (AvgIpc) is 3.08. The molecule has 0 saturated carbocycles. The Morgan fingerprint density at radius 2 is 1.88 bits per heavy atom. The zero-order valence-corrected chi connectivity index (χ0v) is 21.3. The SMILES string of the molecule is CCOc1cc(C(CS(C)(=O)=O)N2Cc3cccc(NC(=O)C(C)(C)C)c3C2=O)ccc1OC. The molecule has 3 rings (SSSR count). The minimum absolute atomic E-state index is 0.212. The fourth-order valence-electron chi connectivity index (χ4n) is 3.87. The first-order valence-corrected chi connectivity index (χ1v) is 13.1. The van der Waals surface area contributed by atoms with Gasteiger partial charge < -0.3 is 19.7 Å². The minimum atomic E-state index is -3.44. The van der Waals surface area contributed by atoms with Gasteiger partial charge in [0.05, 0.1) is 36.8 Å². The van der Waals surface area contributed by atoms with Crippen LogP contribution >= 0.6 is 0 Å². The van der Waals surface area contributed by atoms with E-state index in [0.717, 1.165) is 11.8 Å². The molecule has 0 saturated heterocycles. The number of ether oxygens (including phenoxy) is 2. The lowest BCUT2D eigenvalue weighted by Gasteiger charge is -2.28. The number of carbonyl (C=O) groups excluding carboxylic acids is 2. The third kappa shape index (κ3) is 5.52. The maximum Gasteiger partial charge on any atom is 0.257 e. The van der Waals surface area contributed by atoms with Crippen LogP contribution in [0.2, 0.25) is 0 Å². The van der Waals surface area contributed by atoms with Crippen LogP contribution < -0.4 is 14.8 Å². The average molecular weight is 489 g/mol. The lowest BCUT2D eigenvalue weighted by atomic mass is 9.95. The van der Waals surface area contributed by atoms with Gasteiger partial charge in [-0.05, 0) is 36.2 Å². The van der Waals surface area contributed by atoms with Gasteiger partial charge in [0.1, 0.15) is 9.84 Å². The van der Waals surface area contributed by atoms with Gasteiger partial charge in [-0.25, -0.2) is 8.42 Å². The Morgan fingerprint density at radius 3 is 2.47 bits per heavy atom. The van der Waals surface area contributed by atoms with Crippen LogP contribution in [0.3, 0.4) is 0 Å². The summed E-state index contributed by atoms with van der Waals surface area (Å²) in [5.41, 5.74) is 1.52. The van der Waals surface area contributed by atoms with Gasteiger partial charge in [-0.2, -0.15) is 0 Å². The smallest absolute Gasteiger partial charge is 0.257 e. The zero-order chi connectivity index (χ0) is 25.3. The molecule has 2 aromatic rings. The molecule has 34 heavy (non-hydrogen) atoms. The predicted molar refractivity (Wildman–Crippen MR) is 131 cm³/mol. The van der Waals surface area contributed by atoms with Gasteiger partial charge in [0.2, 0.25) is 5.91 Å². The Labute approximate surface area is 201 Å². The van der Waals surface area contributed by atoms with E-state index in [-0.39, 0.29) is 24.1 Å².